The second kappa shape index (κ2) is 7.95. The Labute approximate surface area is 158 Å². The van der Waals surface area contributed by atoms with E-state index in [1.807, 2.05) is 31.2 Å². The van der Waals surface area contributed by atoms with Crippen LogP contribution in [0.3, 0.4) is 0 Å². The highest BCUT2D eigenvalue weighted by atomic mass is 16.5. The van der Waals surface area contributed by atoms with E-state index in [1.54, 1.807) is 38.3 Å². The van der Waals surface area contributed by atoms with Crippen molar-refractivity contribution in [3.05, 3.63) is 70.8 Å². The van der Waals surface area contributed by atoms with Crippen molar-refractivity contribution in [2.45, 2.75) is 19.9 Å². The van der Waals surface area contributed by atoms with Gasteiger partial charge >= 0.3 is 12.0 Å². The third kappa shape index (κ3) is 3.95. The van der Waals surface area contributed by atoms with Crippen molar-refractivity contribution in [2.24, 2.45) is 0 Å². The molecule has 0 saturated heterocycles. The van der Waals surface area contributed by atoms with E-state index in [2.05, 4.69) is 10.6 Å². The molecule has 0 unspecified atom stereocenters. The van der Waals surface area contributed by atoms with Crippen LogP contribution >= 0.6 is 0 Å². The Hall–Kier alpha value is -3.28. The molecule has 0 saturated carbocycles. The zero-order valence-electron chi connectivity index (χ0n) is 15.5. The molecule has 27 heavy (non-hydrogen) atoms. The molecule has 1 aliphatic rings. The molecule has 2 amide bonds. The van der Waals surface area contributed by atoms with E-state index >= 15 is 0 Å². The Bertz CT molecular complexity index is 870. The summed E-state index contributed by atoms with van der Waals surface area (Å²) in [5.74, 6) is 0.216. The predicted octanol–water partition coefficient (Wildman–Crippen LogP) is 3.33. The molecule has 0 aromatic heterocycles. The van der Waals surface area contributed by atoms with Crippen LogP contribution in [0.2, 0.25) is 0 Å². The van der Waals surface area contributed by atoms with Crippen molar-refractivity contribution >= 4 is 17.7 Å². The van der Waals surface area contributed by atoms with E-state index in [0.717, 1.165) is 11.1 Å². The standard InChI is InChI=1S/C21H22N2O4/c1-4-27-20(24)17-18(14-7-5-13(2)6-8-14)22-21(25)23-19(17)15-9-11-16(26-3)12-10-15/h5-12,18H,4H2,1-3H3,(H2,22,23,25)/t18-/m1/s1. The van der Waals surface area contributed by atoms with Gasteiger partial charge in [-0.15, -0.1) is 0 Å². The molecule has 0 aliphatic carbocycles. The zero-order chi connectivity index (χ0) is 19.4. The highest BCUT2D eigenvalue weighted by Crippen LogP contribution is 2.32. The monoisotopic (exact) mass is 366 g/mol. The highest BCUT2D eigenvalue weighted by Gasteiger charge is 2.34. The fourth-order valence-electron chi connectivity index (χ4n) is 2.99. The van der Waals surface area contributed by atoms with Gasteiger partial charge < -0.3 is 20.1 Å². The summed E-state index contributed by atoms with van der Waals surface area (Å²) in [7, 11) is 1.58. The summed E-state index contributed by atoms with van der Waals surface area (Å²) >= 11 is 0. The fourth-order valence-corrected chi connectivity index (χ4v) is 2.99. The van der Waals surface area contributed by atoms with Gasteiger partial charge in [0, 0.05) is 0 Å². The first-order chi connectivity index (χ1) is 13.0. The van der Waals surface area contributed by atoms with Gasteiger partial charge in [0.2, 0.25) is 0 Å². The van der Waals surface area contributed by atoms with E-state index in [1.165, 1.54) is 0 Å². The first-order valence-electron chi connectivity index (χ1n) is 8.73. The minimum absolute atomic E-state index is 0.243. The largest absolute Gasteiger partial charge is 0.497 e. The van der Waals surface area contributed by atoms with Gasteiger partial charge in [-0.25, -0.2) is 9.59 Å². The van der Waals surface area contributed by atoms with Crippen LogP contribution in [0, 0.1) is 6.92 Å². The minimum Gasteiger partial charge on any atom is -0.497 e. The number of ether oxygens (including phenoxy) is 2. The molecule has 140 valence electrons. The van der Waals surface area contributed by atoms with Crippen LogP contribution in [0.4, 0.5) is 4.79 Å². The second-order valence-electron chi connectivity index (χ2n) is 6.18. The lowest BCUT2D eigenvalue weighted by Crippen LogP contribution is -2.45. The molecule has 0 spiro atoms. The van der Waals surface area contributed by atoms with Gasteiger partial charge in [0.05, 0.1) is 31.0 Å². The molecule has 1 heterocycles. The van der Waals surface area contributed by atoms with E-state index in [0.29, 0.717) is 22.6 Å². The van der Waals surface area contributed by atoms with E-state index in [4.69, 9.17) is 9.47 Å². The van der Waals surface area contributed by atoms with Crippen molar-refractivity contribution in [3.8, 4) is 5.75 Å². The number of hydrogen-bond acceptors (Lipinski definition) is 4. The molecule has 3 rings (SSSR count). The Morgan fingerprint density at radius 3 is 2.33 bits per heavy atom. The van der Waals surface area contributed by atoms with Crippen molar-refractivity contribution in [1.29, 1.82) is 0 Å². The summed E-state index contributed by atoms with van der Waals surface area (Å²) < 4.78 is 10.5. The van der Waals surface area contributed by atoms with Gasteiger partial charge in [0.15, 0.2) is 0 Å². The Kier molecular flexibility index (Phi) is 5.45. The van der Waals surface area contributed by atoms with Crippen LogP contribution in [0.15, 0.2) is 54.1 Å². The van der Waals surface area contributed by atoms with Crippen LogP contribution in [-0.4, -0.2) is 25.7 Å². The molecule has 6 heteroatoms. The summed E-state index contributed by atoms with van der Waals surface area (Å²) in [4.78, 5) is 25.1. The summed E-state index contributed by atoms with van der Waals surface area (Å²) in [6, 6.07) is 13.9. The van der Waals surface area contributed by atoms with Gasteiger partial charge in [0.1, 0.15) is 5.75 Å². The number of amides is 2. The first kappa shape index (κ1) is 18.5. The summed E-state index contributed by atoms with van der Waals surface area (Å²) in [6.07, 6.45) is 0. The Morgan fingerprint density at radius 1 is 1.07 bits per heavy atom. The molecule has 1 atom stereocenters. The lowest BCUT2D eigenvalue weighted by Gasteiger charge is -2.29. The van der Waals surface area contributed by atoms with Crippen LogP contribution in [0.1, 0.15) is 29.7 Å². The van der Waals surface area contributed by atoms with Crippen molar-refractivity contribution in [1.82, 2.24) is 10.6 Å². The lowest BCUT2D eigenvalue weighted by atomic mass is 9.92. The summed E-state index contributed by atoms with van der Waals surface area (Å²) in [6.45, 7) is 3.98. The molecule has 6 nitrogen and oxygen atoms in total. The number of carbonyl (C=O) groups is 2. The zero-order valence-corrected chi connectivity index (χ0v) is 15.5. The topological polar surface area (TPSA) is 76.7 Å². The molecular weight excluding hydrogens is 344 g/mol. The fraction of sp³-hybridized carbons (Fsp3) is 0.238. The smallest absolute Gasteiger partial charge is 0.338 e. The van der Waals surface area contributed by atoms with E-state index < -0.39 is 12.0 Å². The van der Waals surface area contributed by atoms with Crippen LogP contribution in [-0.2, 0) is 9.53 Å². The molecule has 2 N–H and O–H groups in total. The number of esters is 1. The van der Waals surface area contributed by atoms with Gasteiger partial charge in [-0.1, -0.05) is 29.8 Å². The van der Waals surface area contributed by atoms with Crippen LogP contribution in [0.5, 0.6) is 5.75 Å². The van der Waals surface area contributed by atoms with E-state index in [9.17, 15) is 9.59 Å². The number of aryl methyl sites for hydroxylation is 1. The minimum atomic E-state index is -0.601. The van der Waals surface area contributed by atoms with Crippen molar-refractivity contribution in [2.75, 3.05) is 13.7 Å². The molecule has 0 bridgehead atoms. The Balaban J connectivity index is 2.14. The molecule has 1 aliphatic heterocycles. The van der Waals surface area contributed by atoms with E-state index in [-0.39, 0.29) is 12.6 Å². The third-order valence-corrected chi connectivity index (χ3v) is 4.36. The van der Waals surface area contributed by atoms with Crippen LogP contribution < -0.4 is 15.4 Å². The normalized spacial score (nSPS) is 16.4. The Morgan fingerprint density at radius 2 is 1.74 bits per heavy atom. The maximum Gasteiger partial charge on any atom is 0.338 e. The molecule has 2 aromatic carbocycles. The van der Waals surface area contributed by atoms with Gasteiger partial charge in [-0.3, -0.25) is 0 Å². The quantitative estimate of drug-likeness (QED) is 0.796. The van der Waals surface area contributed by atoms with Crippen molar-refractivity contribution < 1.29 is 19.1 Å². The SMILES string of the molecule is CCOC(=O)C1=C(c2ccc(OC)cc2)NC(=O)N[C@@H]1c1ccc(C)cc1. The number of urea groups is 1. The second-order valence-corrected chi connectivity index (χ2v) is 6.18. The van der Waals surface area contributed by atoms with Gasteiger partial charge in [-0.2, -0.15) is 0 Å². The number of nitrogens with one attached hydrogen (secondary N) is 2. The number of carbonyl (C=O) groups excluding carboxylic acids is 2. The maximum atomic E-state index is 12.8. The summed E-state index contributed by atoms with van der Waals surface area (Å²) in [5.41, 5.74) is 3.40. The summed E-state index contributed by atoms with van der Waals surface area (Å²) in [5, 5.41) is 5.59. The average molecular weight is 366 g/mol. The molecular formula is C21H22N2O4. The molecule has 2 aromatic rings. The third-order valence-electron chi connectivity index (χ3n) is 4.36. The highest BCUT2D eigenvalue weighted by molar-refractivity contribution is 6.04. The number of benzene rings is 2. The van der Waals surface area contributed by atoms with Gasteiger partial charge in [0.25, 0.3) is 0 Å². The van der Waals surface area contributed by atoms with Crippen LogP contribution in [0.25, 0.3) is 5.70 Å². The first-order valence-corrected chi connectivity index (χ1v) is 8.73. The number of methoxy groups -OCH3 is 1. The number of rotatable bonds is 5. The lowest BCUT2D eigenvalue weighted by molar-refractivity contribution is -0.138. The van der Waals surface area contributed by atoms with Gasteiger partial charge in [-0.05, 0) is 49.2 Å². The van der Waals surface area contributed by atoms with Crippen molar-refractivity contribution in [3.63, 3.8) is 0 Å². The predicted molar refractivity (Wildman–Crippen MR) is 102 cm³/mol. The molecule has 0 fully saturated rings. The molecule has 0 radical (unpaired) electrons. The average Bonchev–Trinajstić information content (AvgIpc) is 2.68. The number of hydrogen-bond donors (Lipinski definition) is 2. The maximum absolute atomic E-state index is 12.8.